The number of nitrogens with one attached hydrogen (secondary N) is 4. The zero-order valence-electron chi connectivity index (χ0n) is 9.13. The lowest BCUT2D eigenvalue weighted by Crippen LogP contribution is -2.27. The van der Waals surface area contributed by atoms with Gasteiger partial charge >= 0.3 is 0 Å². The molecule has 0 fully saturated rings. The predicted molar refractivity (Wildman–Crippen MR) is 65.5 cm³/mol. The normalized spacial score (nSPS) is 9.73. The van der Waals surface area contributed by atoms with Crippen molar-refractivity contribution in [1.82, 2.24) is 21.7 Å². The van der Waals surface area contributed by atoms with Gasteiger partial charge in [-0.1, -0.05) is 24.3 Å². The lowest BCUT2D eigenvalue weighted by atomic mass is 10.1. The molecule has 5 heteroatoms. The van der Waals surface area contributed by atoms with E-state index in [4.69, 9.17) is 0 Å². The number of halogens is 1. The molecule has 0 saturated heterocycles. The maximum Gasteiger partial charge on any atom is 0.0350 e. The van der Waals surface area contributed by atoms with Crippen molar-refractivity contribution in [2.24, 2.45) is 0 Å². The molecule has 4 N–H and O–H groups in total. The third-order valence-corrected chi connectivity index (χ3v) is 1.96. The van der Waals surface area contributed by atoms with E-state index in [0.717, 1.165) is 13.1 Å². The first-order valence-corrected chi connectivity index (χ1v) is 4.74. The van der Waals surface area contributed by atoms with Crippen LogP contribution in [-0.2, 0) is 13.1 Å². The second-order valence-corrected chi connectivity index (χ2v) is 3.02. The van der Waals surface area contributed by atoms with Crippen molar-refractivity contribution in [3.05, 3.63) is 35.4 Å². The summed E-state index contributed by atoms with van der Waals surface area (Å²) >= 11 is 0. The highest BCUT2D eigenvalue weighted by atomic mass is 35.5. The summed E-state index contributed by atoms with van der Waals surface area (Å²) in [7, 11) is 3.73. The molecule has 0 amide bonds. The van der Waals surface area contributed by atoms with Crippen LogP contribution in [0.4, 0.5) is 0 Å². The second kappa shape index (κ2) is 8.64. The van der Waals surface area contributed by atoms with E-state index in [1.807, 2.05) is 14.1 Å². The summed E-state index contributed by atoms with van der Waals surface area (Å²) in [5.74, 6) is 0. The SMILES string of the molecule is CNNCc1ccc(CNNC)cc1.Cl. The number of hydrogen-bond donors (Lipinski definition) is 4. The molecular weight excluding hydrogens is 212 g/mol. The molecule has 0 aliphatic heterocycles. The Kier molecular flexibility index (Phi) is 8.27. The van der Waals surface area contributed by atoms with Crippen molar-refractivity contribution in [1.29, 1.82) is 0 Å². The lowest BCUT2D eigenvalue weighted by molar-refractivity contribution is 0.591. The first kappa shape index (κ1) is 14.3. The molecule has 0 aromatic heterocycles. The number of hydrogen-bond acceptors (Lipinski definition) is 4. The van der Waals surface area contributed by atoms with Crippen molar-refractivity contribution >= 4 is 12.4 Å². The molecular formula is C10H19ClN4. The Balaban J connectivity index is 0.00000196. The highest BCUT2D eigenvalue weighted by Gasteiger charge is 1.93. The van der Waals surface area contributed by atoms with Crippen LogP contribution >= 0.6 is 12.4 Å². The fraction of sp³-hybridized carbons (Fsp3) is 0.400. The Morgan fingerprint density at radius 2 is 1.13 bits per heavy atom. The van der Waals surface area contributed by atoms with E-state index in [9.17, 15) is 0 Å². The molecule has 0 aliphatic rings. The van der Waals surface area contributed by atoms with Crippen LogP contribution in [0.2, 0.25) is 0 Å². The summed E-state index contributed by atoms with van der Waals surface area (Å²) in [6.45, 7) is 1.69. The first-order chi connectivity index (χ1) is 6.86. The maximum atomic E-state index is 3.05. The van der Waals surface area contributed by atoms with Crippen molar-refractivity contribution in [3.63, 3.8) is 0 Å². The standard InChI is InChI=1S/C10H18N4.ClH/c1-11-13-7-9-3-5-10(6-4-9)8-14-12-2;/h3-6,11-14H,7-8H2,1-2H3;1H. The fourth-order valence-corrected chi connectivity index (χ4v) is 1.16. The zero-order chi connectivity index (χ0) is 10.2. The van der Waals surface area contributed by atoms with Gasteiger partial charge in [-0.05, 0) is 25.2 Å². The molecule has 0 saturated carbocycles. The minimum absolute atomic E-state index is 0. The van der Waals surface area contributed by atoms with Gasteiger partial charge in [-0.25, -0.2) is 0 Å². The van der Waals surface area contributed by atoms with E-state index in [2.05, 4.69) is 46.0 Å². The summed E-state index contributed by atoms with van der Waals surface area (Å²) in [6, 6.07) is 8.49. The molecule has 0 bridgehead atoms. The third kappa shape index (κ3) is 5.71. The van der Waals surface area contributed by atoms with Gasteiger partial charge in [0.1, 0.15) is 0 Å². The molecule has 86 valence electrons. The van der Waals surface area contributed by atoms with Gasteiger partial charge in [-0.3, -0.25) is 21.7 Å². The molecule has 0 unspecified atom stereocenters. The van der Waals surface area contributed by atoms with Crippen LogP contribution in [0.1, 0.15) is 11.1 Å². The van der Waals surface area contributed by atoms with Gasteiger partial charge < -0.3 is 0 Å². The fourth-order valence-electron chi connectivity index (χ4n) is 1.16. The average molecular weight is 231 g/mol. The first-order valence-electron chi connectivity index (χ1n) is 4.74. The van der Waals surface area contributed by atoms with Crippen LogP contribution in [0.25, 0.3) is 0 Å². The van der Waals surface area contributed by atoms with E-state index < -0.39 is 0 Å². The largest absolute Gasteiger partial charge is 0.261 e. The molecule has 1 rings (SSSR count). The van der Waals surface area contributed by atoms with Crippen molar-refractivity contribution < 1.29 is 0 Å². The lowest BCUT2D eigenvalue weighted by Gasteiger charge is -2.05. The monoisotopic (exact) mass is 230 g/mol. The van der Waals surface area contributed by atoms with Gasteiger partial charge in [0, 0.05) is 13.1 Å². The molecule has 0 heterocycles. The van der Waals surface area contributed by atoms with Crippen LogP contribution < -0.4 is 21.7 Å². The van der Waals surface area contributed by atoms with Crippen LogP contribution in [0.15, 0.2) is 24.3 Å². The van der Waals surface area contributed by atoms with Gasteiger partial charge in [-0.2, -0.15) is 0 Å². The Morgan fingerprint density at radius 1 is 0.800 bits per heavy atom. The Hall–Kier alpha value is -0.650. The highest BCUT2D eigenvalue weighted by molar-refractivity contribution is 5.85. The highest BCUT2D eigenvalue weighted by Crippen LogP contribution is 2.03. The molecule has 0 spiro atoms. The summed E-state index contributed by atoms with van der Waals surface area (Å²) in [6.07, 6.45) is 0. The van der Waals surface area contributed by atoms with Gasteiger partial charge in [0.15, 0.2) is 0 Å². The molecule has 0 aliphatic carbocycles. The zero-order valence-corrected chi connectivity index (χ0v) is 9.95. The minimum Gasteiger partial charge on any atom is -0.261 e. The average Bonchev–Trinajstić information content (AvgIpc) is 2.25. The van der Waals surface area contributed by atoms with Crippen molar-refractivity contribution in [2.75, 3.05) is 14.1 Å². The maximum absolute atomic E-state index is 3.05. The molecule has 1 aromatic carbocycles. The summed E-state index contributed by atoms with van der Waals surface area (Å²) in [5, 5.41) is 0. The minimum atomic E-state index is 0. The van der Waals surface area contributed by atoms with Crippen molar-refractivity contribution in [3.8, 4) is 0 Å². The molecule has 4 nitrogen and oxygen atoms in total. The quantitative estimate of drug-likeness (QED) is 0.540. The van der Waals surface area contributed by atoms with E-state index in [1.54, 1.807) is 0 Å². The number of rotatable bonds is 6. The number of hydrazine groups is 2. The second-order valence-electron chi connectivity index (χ2n) is 3.02. The van der Waals surface area contributed by atoms with Crippen LogP contribution in [0.5, 0.6) is 0 Å². The molecule has 1 aromatic rings. The molecule has 0 radical (unpaired) electrons. The van der Waals surface area contributed by atoms with Gasteiger partial charge in [0.25, 0.3) is 0 Å². The number of benzene rings is 1. The summed E-state index contributed by atoms with van der Waals surface area (Å²) < 4.78 is 0. The van der Waals surface area contributed by atoms with Crippen LogP contribution in [-0.4, -0.2) is 14.1 Å². The van der Waals surface area contributed by atoms with E-state index >= 15 is 0 Å². The van der Waals surface area contributed by atoms with E-state index in [-0.39, 0.29) is 12.4 Å². The van der Waals surface area contributed by atoms with E-state index in [0.29, 0.717) is 0 Å². The summed E-state index contributed by atoms with van der Waals surface area (Å²) in [4.78, 5) is 0. The van der Waals surface area contributed by atoms with Crippen molar-refractivity contribution in [2.45, 2.75) is 13.1 Å². The predicted octanol–water partition coefficient (Wildman–Crippen LogP) is 0.556. The molecule has 0 atom stereocenters. The molecule has 15 heavy (non-hydrogen) atoms. The van der Waals surface area contributed by atoms with Crippen LogP contribution in [0, 0.1) is 0 Å². The smallest absolute Gasteiger partial charge is 0.0350 e. The van der Waals surface area contributed by atoms with Gasteiger partial charge in [0.05, 0.1) is 0 Å². The topological polar surface area (TPSA) is 48.1 Å². The Labute approximate surface area is 97.2 Å². The van der Waals surface area contributed by atoms with Gasteiger partial charge in [0.2, 0.25) is 0 Å². The summed E-state index contributed by atoms with van der Waals surface area (Å²) in [5.41, 5.74) is 14.4. The Morgan fingerprint density at radius 3 is 1.40 bits per heavy atom. The third-order valence-electron chi connectivity index (χ3n) is 1.96. The van der Waals surface area contributed by atoms with Gasteiger partial charge in [-0.15, -0.1) is 12.4 Å². The Bertz CT molecular complexity index is 223. The van der Waals surface area contributed by atoms with Crippen LogP contribution in [0.3, 0.4) is 0 Å². The van der Waals surface area contributed by atoms with E-state index in [1.165, 1.54) is 11.1 Å².